The number of alkyl halides is 2. The van der Waals surface area contributed by atoms with Gasteiger partial charge in [-0.2, -0.15) is 0 Å². The second-order valence-corrected chi connectivity index (χ2v) is 14.8. The Labute approximate surface area is 307 Å². The zero-order valence-corrected chi connectivity index (χ0v) is 30.3. The smallest absolute Gasteiger partial charge is 0.357 e. The molecule has 0 aliphatic carbocycles. The van der Waals surface area contributed by atoms with E-state index in [1.54, 1.807) is 22.3 Å². The number of hydrogen-bond donors (Lipinski definition) is 1. The van der Waals surface area contributed by atoms with Crippen LogP contribution in [0.5, 0.6) is 5.75 Å². The minimum atomic E-state index is -2.69. The van der Waals surface area contributed by atoms with Crippen LogP contribution in [-0.4, -0.2) is 76.9 Å². The van der Waals surface area contributed by atoms with Gasteiger partial charge < -0.3 is 19.7 Å². The number of likely N-dealkylation sites (tertiary alicyclic amines) is 1. The molecule has 1 saturated heterocycles. The summed E-state index contributed by atoms with van der Waals surface area (Å²) in [5.41, 5.74) is 3.63. The van der Waals surface area contributed by atoms with Crippen molar-refractivity contribution in [1.82, 2.24) is 25.1 Å². The fourth-order valence-corrected chi connectivity index (χ4v) is 8.32. The van der Waals surface area contributed by atoms with E-state index in [2.05, 4.69) is 32.3 Å². The van der Waals surface area contributed by atoms with E-state index in [4.69, 9.17) is 14.5 Å². The van der Waals surface area contributed by atoms with Gasteiger partial charge in [0.2, 0.25) is 0 Å². The van der Waals surface area contributed by atoms with Crippen molar-refractivity contribution in [2.45, 2.75) is 51.4 Å². The average Bonchev–Trinajstić information content (AvgIpc) is 3.75. The van der Waals surface area contributed by atoms with E-state index < -0.39 is 17.7 Å². The van der Waals surface area contributed by atoms with Crippen LogP contribution >= 0.6 is 22.7 Å². The monoisotopic (exact) mass is 747 g/mol. The van der Waals surface area contributed by atoms with E-state index in [1.807, 2.05) is 36.1 Å². The third kappa shape index (κ3) is 7.99. The molecule has 1 N–H and O–H groups in total. The zero-order valence-electron chi connectivity index (χ0n) is 28.7. The maximum absolute atomic E-state index is 14.8. The predicted octanol–water partition coefficient (Wildman–Crippen LogP) is 7.70. The molecule has 2 aliphatic heterocycles. The minimum Gasteiger partial charge on any atom is -0.491 e. The van der Waals surface area contributed by atoms with E-state index in [-0.39, 0.29) is 37.6 Å². The van der Waals surface area contributed by atoms with Crippen molar-refractivity contribution in [2.24, 2.45) is 0 Å². The number of halogens is 3. The SMILES string of the molecule is COC(=O)c1nc(N2CCCc3c2nnc(Nc2nc4ccccc4s2)c3C)sc1CCCOc1ccc(C#CCN2CCCC(F)(F)C2)cc1F. The third-order valence-corrected chi connectivity index (χ3v) is 11.0. The Bertz CT molecular complexity index is 2130. The van der Waals surface area contributed by atoms with Gasteiger partial charge in [0.25, 0.3) is 5.92 Å². The molecule has 1 fully saturated rings. The Hall–Kier alpha value is -4.78. The first-order valence-electron chi connectivity index (χ1n) is 17.0. The first kappa shape index (κ1) is 35.6. The Morgan fingerprint density at radius 2 is 1.96 bits per heavy atom. The molecule has 10 nitrogen and oxygen atoms in total. The number of para-hydroxylation sites is 1. The molecule has 0 atom stereocenters. The standard InChI is InChI=1S/C37H36F3N7O3S2/c1-23-25-10-6-19-47(33(25)45-44-32(23)43-35-41-27-11-3-4-12-29(27)51-35)36-42-31(34(48)49-2)30(52-36)13-7-20-50-28-15-14-24(21-26(28)38)9-5-17-46-18-8-16-37(39,40)22-46/h3-4,11-12,14-15,21H,6-8,10,13,16-20,22H2,1-2H3,(H,41,43,44). The second-order valence-electron chi connectivity index (χ2n) is 12.7. The van der Waals surface area contributed by atoms with Gasteiger partial charge in [-0.05, 0) is 75.9 Å². The number of ether oxygens (including phenoxy) is 2. The van der Waals surface area contributed by atoms with Crippen molar-refractivity contribution in [1.29, 1.82) is 0 Å². The van der Waals surface area contributed by atoms with Crippen LogP contribution in [0.25, 0.3) is 10.2 Å². The molecule has 5 aromatic rings. The van der Waals surface area contributed by atoms with Crippen molar-refractivity contribution in [3.05, 3.63) is 75.5 Å². The summed E-state index contributed by atoms with van der Waals surface area (Å²) >= 11 is 2.94. The second kappa shape index (κ2) is 15.4. The third-order valence-electron chi connectivity index (χ3n) is 8.95. The van der Waals surface area contributed by atoms with Crippen LogP contribution in [0.2, 0.25) is 0 Å². The highest BCUT2D eigenvalue weighted by molar-refractivity contribution is 7.22. The number of thiazole rings is 2. The van der Waals surface area contributed by atoms with Crippen LogP contribution in [0.3, 0.4) is 0 Å². The van der Waals surface area contributed by atoms with Gasteiger partial charge in [-0.1, -0.05) is 35.3 Å². The molecule has 0 unspecified atom stereocenters. The van der Waals surface area contributed by atoms with E-state index in [0.717, 1.165) is 44.2 Å². The molecule has 0 radical (unpaired) electrons. The number of hydrogen-bond acceptors (Lipinski definition) is 12. The Morgan fingerprint density at radius 3 is 2.77 bits per heavy atom. The van der Waals surface area contributed by atoms with Gasteiger partial charge in [-0.15, -0.1) is 21.5 Å². The average molecular weight is 748 g/mol. The van der Waals surface area contributed by atoms with Crippen LogP contribution in [0, 0.1) is 24.6 Å². The van der Waals surface area contributed by atoms with Crippen molar-refractivity contribution < 1.29 is 27.4 Å². The highest BCUT2D eigenvalue weighted by Gasteiger charge is 2.34. The molecule has 0 bridgehead atoms. The first-order chi connectivity index (χ1) is 25.2. The summed E-state index contributed by atoms with van der Waals surface area (Å²) in [5, 5.41) is 13.8. The summed E-state index contributed by atoms with van der Waals surface area (Å²) in [5.74, 6) is 3.37. The number of benzene rings is 2. The number of nitrogens with zero attached hydrogens (tertiary/aromatic N) is 6. The molecule has 0 spiro atoms. The lowest BCUT2D eigenvalue weighted by atomic mass is 10.0. The number of esters is 1. The lowest BCUT2D eigenvalue weighted by Gasteiger charge is -2.30. The summed E-state index contributed by atoms with van der Waals surface area (Å²) in [6.45, 7) is 3.34. The number of carbonyl (C=O) groups is 1. The highest BCUT2D eigenvalue weighted by Crippen LogP contribution is 2.39. The van der Waals surface area contributed by atoms with Crippen molar-refractivity contribution in [3.8, 4) is 17.6 Å². The predicted molar refractivity (Wildman–Crippen MR) is 196 cm³/mol. The van der Waals surface area contributed by atoms with Crippen LogP contribution in [-0.2, 0) is 17.6 Å². The normalized spacial score (nSPS) is 15.5. The summed E-state index contributed by atoms with van der Waals surface area (Å²) in [6, 6.07) is 12.4. The lowest BCUT2D eigenvalue weighted by Crippen LogP contribution is -2.42. The molecule has 2 aliphatic rings. The molecule has 270 valence electrons. The van der Waals surface area contributed by atoms with Gasteiger partial charge in [0.1, 0.15) is 0 Å². The lowest BCUT2D eigenvalue weighted by molar-refractivity contribution is -0.0604. The first-order valence-corrected chi connectivity index (χ1v) is 18.7. The summed E-state index contributed by atoms with van der Waals surface area (Å²) < 4.78 is 54.0. The maximum Gasteiger partial charge on any atom is 0.357 e. The van der Waals surface area contributed by atoms with Gasteiger partial charge in [0.05, 0.1) is 37.0 Å². The quantitative estimate of drug-likeness (QED) is 0.0869. The molecule has 52 heavy (non-hydrogen) atoms. The summed E-state index contributed by atoms with van der Waals surface area (Å²) in [6.07, 6.45) is 2.96. The summed E-state index contributed by atoms with van der Waals surface area (Å²) in [4.78, 5) is 26.5. The van der Waals surface area contributed by atoms with Crippen LogP contribution in [0.4, 0.5) is 35.1 Å². The molecular weight excluding hydrogens is 712 g/mol. The number of anilines is 4. The van der Waals surface area contributed by atoms with Crippen molar-refractivity contribution >= 4 is 60.8 Å². The molecule has 3 aromatic heterocycles. The maximum atomic E-state index is 14.8. The molecule has 7 rings (SSSR count). The van der Waals surface area contributed by atoms with Crippen molar-refractivity contribution in [3.63, 3.8) is 0 Å². The molecule has 15 heteroatoms. The van der Waals surface area contributed by atoms with E-state index in [0.29, 0.717) is 54.7 Å². The summed E-state index contributed by atoms with van der Waals surface area (Å²) in [7, 11) is 1.32. The van der Waals surface area contributed by atoms with Gasteiger partial charge in [0.15, 0.2) is 39.2 Å². The number of aryl methyl sites for hydroxylation is 1. The molecular formula is C37H36F3N7O3S2. The number of aromatic nitrogens is 4. The van der Waals surface area contributed by atoms with Crippen LogP contribution in [0.15, 0.2) is 42.5 Å². The van der Waals surface area contributed by atoms with E-state index >= 15 is 0 Å². The van der Waals surface area contributed by atoms with E-state index in [1.165, 1.54) is 30.6 Å². The Balaban J connectivity index is 0.991. The zero-order chi connectivity index (χ0) is 36.2. The van der Waals surface area contributed by atoms with Crippen LogP contribution < -0.4 is 15.0 Å². The Kier molecular flexibility index (Phi) is 10.6. The molecule has 0 amide bonds. The molecule has 2 aromatic carbocycles. The van der Waals surface area contributed by atoms with Gasteiger partial charge in [-0.25, -0.2) is 27.9 Å². The fourth-order valence-electron chi connectivity index (χ4n) is 6.34. The Morgan fingerprint density at radius 1 is 1.10 bits per heavy atom. The minimum absolute atomic E-state index is 0.0790. The molecule has 0 saturated carbocycles. The number of carbonyl (C=O) groups excluding carboxylic acids is 1. The number of fused-ring (bicyclic) bond motifs is 2. The van der Waals surface area contributed by atoms with Gasteiger partial charge in [-0.3, -0.25) is 4.90 Å². The van der Waals surface area contributed by atoms with E-state index in [9.17, 15) is 18.0 Å². The fraction of sp³-hybridized carbons (Fsp3) is 0.378. The van der Waals surface area contributed by atoms with Gasteiger partial charge >= 0.3 is 5.97 Å². The van der Waals surface area contributed by atoms with Crippen molar-refractivity contribution in [2.75, 3.05) is 50.1 Å². The number of nitrogens with one attached hydrogen (secondary N) is 1. The highest BCUT2D eigenvalue weighted by atomic mass is 32.1. The number of rotatable bonds is 10. The topological polar surface area (TPSA) is 106 Å². The number of piperidine rings is 1. The van der Waals surface area contributed by atoms with Crippen LogP contribution in [0.1, 0.15) is 57.7 Å². The largest absolute Gasteiger partial charge is 0.491 e. The molecule has 5 heterocycles. The van der Waals surface area contributed by atoms with Gasteiger partial charge in [0, 0.05) is 34.5 Å². The number of methoxy groups -OCH3 is 1.